The molecule has 2 atom stereocenters. The van der Waals surface area contributed by atoms with Crippen LogP contribution in [0.3, 0.4) is 0 Å². The summed E-state index contributed by atoms with van der Waals surface area (Å²) in [4.78, 5) is 11.9. The van der Waals surface area contributed by atoms with Gasteiger partial charge in [-0.05, 0) is 54.2 Å². The zero-order valence-corrected chi connectivity index (χ0v) is 18.4. The lowest BCUT2D eigenvalue weighted by Crippen LogP contribution is -2.54. The van der Waals surface area contributed by atoms with Gasteiger partial charge in [0.05, 0.1) is 11.0 Å². The highest BCUT2D eigenvalue weighted by Crippen LogP contribution is 2.27. The number of nitrogens with one attached hydrogen (secondary N) is 1. The number of rotatable bonds is 7. The molecule has 1 heterocycles. The molecule has 3 rings (SSSR count). The lowest BCUT2D eigenvalue weighted by Gasteiger charge is -2.35. The fourth-order valence-electron chi connectivity index (χ4n) is 3.53. The molecule has 8 nitrogen and oxygen atoms in total. The van der Waals surface area contributed by atoms with Gasteiger partial charge in [0.15, 0.2) is 0 Å². The summed E-state index contributed by atoms with van der Waals surface area (Å²) in [6.07, 6.45) is -0.485. The van der Waals surface area contributed by atoms with Gasteiger partial charge in [0.2, 0.25) is 10.0 Å². The number of piperidine rings is 1. The predicted molar refractivity (Wildman–Crippen MR) is 114 cm³/mol. The first-order chi connectivity index (χ1) is 14.7. The van der Waals surface area contributed by atoms with Gasteiger partial charge in [-0.1, -0.05) is 38.1 Å². The average Bonchev–Trinajstić information content (AvgIpc) is 2.77. The molecule has 0 radical (unpaired) electrons. The molecule has 0 aliphatic carbocycles. The largest absolute Gasteiger partial charge is 0.489 e. The van der Waals surface area contributed by atoms with E-state index in [2.05, 4.69) is 26.0 Å². The number of β-amino-alcohol motifs (C(OH)–C–C–N with tert-alkyl or cyclic N) is 1. The van der Waals surface area contributed by atoms with Crippen LogP contribution in [0.1, 0.15) is 43.7 Å². The van der Waals surface area contributed by atoms with Crippen molar-refractivity contribution in [2.24, 2.45) is 0 Å². The van der Waals surface area contributed by atoms with Crippen LogP contribution in [-0.4, -0.2) is 47.6 Å². The van der Waals surface area contributed by atoms with Crippen LogP contribution in [0.5, 0.6) is 5.75 Å². The summed E-state index contributed by atoms with van der Waals surface area (Å²) in [5.74, 6) is 0.141. The number of carbonyl (C=O) groups excluding carboxylic acids is 1. The van der Waals surface area contributed by atoms with Crippen molar-refractivity contribution in [2.75, 3.05) is 6.54 Å². The first kappa shape index (κ1) is 23.2. The van der Waals surface area contributed by atoms with Crippen LogP contribution in [-0.2, 0) is 21.4 Å². The zero-order chi connectivity index (χ0) is 22.6. The maximum absolute atomic E-state index is 13.1. The van der Waals surface area contributed by atoms with Gasteiger partial charge in [0.25, 0.3) is 5.91 Å². The first-order valence-electron chi connectivity index (χ1n) is 10.2. The summed E-state index contributed by atoms with van der Waals surface area (Å²) in [5.41, 5.74) is 3.75. The van der Waals surface area contributed by atoms with E-state index in [1.807, 2.05) is 12.1 Å². The summed E-state index contributed by atoms with van der Waals surface area (Å²) in [6, 6.07) is 13.0. The lowest BCUT2D eigenvalue weighted by molar-refractivity contribution is -0.135. The van der Waals surface area contributed by atoms with E-state index in [0.29, 0.717) is 18.3 Å². The van der Waals surface area contributed by atoms with E-state index in [0.717, 1.165) is 9.87 Å². The Morgan fingerprint density at radius 2 is 1.77 bits per heavy atom. The molecule has 1 aliphatic heterocycles. The second kappa shape index (κ2) is 9.78. The number of hydrogen-bond donors (Lipinski definition) is 3. The van der Waals surface area contributed by atoms with Crippen LogP contribution in [0, 0.1) is 0 Å². The summed E-state index contributed by atoms with van der Waals surface area (Å²) < 4.78 is 32.8. The number of hydrogen-bond acceptors (Lipinski definition) is 6. The van der Waals surface area contributed by atoms with Crippen LogP contribution < -0.4 is 10.2 Å². The first-order valence-corrected chi connectivity index (χ1v) is 11.6. The van der Waals surface area contributed by atoms with Crippen molar-refractivity contribution in [3.8, 4) is 5.75 Å². The molecule has 3 N–H and O–H groups in total. The predicted octanol–water partition coefficient (Wildman–Crippen LogP) is 2.41. The van der Waals surface area contributed by atoms with E-state index in [1.165, 1.54) is 23.2 Å². The number of nitrogens with zero attached hydrogens (tertiary/aromatic N) is 1. The monoisotopic (exact) mass is 448 g/mol. The van der Waals surface area contributed by atoms with E-state index in [4.69, 9.17) is 9.94 Å². The number of aliphatic hydroxyl groups is 1. The zero-order valence-electron chi connectivity index (χ0n) is 17.6. The maximum atomic E-state index is 13.1. The van der Waals surface area contributed by atoms with Gasteiger partial charge in [-0.15, -0.1) is 0 Å². The maximum Gasteiger partial charge on any atom is 0.261 e. The summed E-state index contributed by atoms with van der Waals surface area (Å²) >= 11 is 0. The molecule has 0 saturated carbocycles. The van der Waals surface area contributed by atoms with Gasteiger partial charge < -0.3 is 9.84 Å². The molecule has 0 spiro atoms. The number of ether oxygens (including phenoxy) is 1. The Hall–Kier alpha value is -2.46. The van der Waals surface area contributed by atoms with Gasteiger partial charge in [0.1, 0.15) is 18.4 Å². The van der Waals surface area contributed by atoms with Gasteiger partial charge >= 0.3 is 0 Å². The van der Waals surface area contributed by atoms with E-state index < -0.39 is 28.1 Å². The lowest BCUT2D eigenvalue weighted by atomic mass is 10.0. The molecule has 0 aromatic heterocycles. The Labute approximate surface area is 182 Å². The smallest absolute Gasteiger partial charge is 0.261 e. The van der Waals surface area contributed by atoms with Crippen molar-refractivity contribution >= 4 is 15.9 Å². The van der Waals surface area contributed by atoms with Crippen LogP contribution in [0.15, 0.2) is 53.4 Å². The molecular formula is C22H28N2O6S. The Balaban J connectivity index is 1.71. The van der Waals surface area contributed by atoms with Crippen molar-refractivity contribution in [3.05, 3.63) is 59.7 Å². The number of sulfonamides is 1. The highest BCUT2D eigenvalue weighted by Gasteiger charge is 2.40. The minimum atomic E-state index is -4.05. The van der Waals surface area contributed by atoms with Gasteiger partial charge in [-0.2, -0.15) is 4.31 Å². The molecule has 2 aromatic rings. The molecular weight excluding hydrogens is 420 g/mol. The molecule has 1 aliphatic rings. The van der Waals surface area contributed by atoms with Crippen LogP contribution in [0.2, 0.25) is 0 Å². The number of hydroxylamine groups is 1. The fourth-order valence-corrected chi connectivity index (χ4v) is 5.19. The second-order valence-electron chi connectivity index (χ2n) is 7.95. The van der Waals surface area contributed by atoms with Gasteiger partial charge in [-0.25, -0.2) is 13.9 Å². The van der Waals surface area contributed by atoms with Crippen LogP contribution in [0.25, 0.3) is 0 Å². The third-order valence-electron chi connectivity index (χ3n) is 5.41. The number of carbonyl (C=O) groups is 1. The van der Waals surface area contributed by atoms with Crippen molar-refractivity contribution in [2.45, 2.75) is 56.3 Å². The molecule has 2 aromatic carbocycles. The molecule has 1 amide bonds. The molecule has 0 unspecified atom stereocenters. The summed E-state index contributed by atoms with van der Waals surface area (Å²) in [6.45, 7) is 4.39. The Morgan fingerprint density at radius 1 is 1.13 bits per heavy atom. The van der Waals surface area contributed by atoms with Crippen LogP contribution in [0.4, 0.5) is 0 Å². The fraction of sp³-hybridized carbons (Fsp3) is 0.409. The standard InChI is InChI=1S/C22H28N2O6S/c1-15(2)17-5-3-16(4-6-17)14-30-19-8-10-20(11-9-19)31(28,29)24-13-18(25)7-12-21(24)22(26)23-27/h3-6,8-11,15,18,21,25,27H,7,12-14H2,1-2H3,(H,23,26)/t18-,21-/m1/s1. The number of benzene rings is 2. The minimum Gasteiger partial charge on any atom is -0.489 e. The second-order valence-corrected chi connectivity index (χ2v) is 9.84. The van der Waals surface area contributed by atoms with E-state index >= 15 is 0 Å². The number of aliphatic hydroxyl groups excluding tert-OH is 1. The minimum absolute atomic E-state index is 0.0222. The molecule has 1 fully saturated rings. The topological polar surface area (TPSA) is 116 Å². The highest BCUT2D eigenvalue weighted by atomic mass is 32.2. The summed E-state index contributed by atoms with van der Waals surface area (Å²) in [5, 5.41) is 18.8. The Kier molecular flexibility index (Phi) is 7.32. The molecule has 168 valence electrons. The third-order valence-corrected chi connectivity index (χ3v) is 7.30. The quantitative estimate of drug-likeness (QED) is 0.442. The van der Waals surface area contributed by atoms with Gasteiger partial charge in [-0.3, -0.25) is 10.0 Å². The third kappa shape index (κ3) is 5.43. The van der Waals surface area contributed by atoms with Crippen molar-refractivity contribution in [1.82, 2.24) is 9.79 Å². The van der Waals surface area contributed by atoms with Crippen molar-refractivity contribution in [3.63, 3.8) is 0 Å². The number of amides is 1. The molecule has 31 heavy (non-hydrogen) atoms. The Bertz CT molecular complexity index is 990. The normalized spacial score (nSPS) is 19.9. The van der Waals surface area contributed by atoms with E-state index in [9.17, 15) is 18.3 Å². The summed E-state index contributed by atoms with van der Waals surface area (Å²) in [7, 11) is -4.05. The average molecular weight is 449 g/mol. The highest BCUT2D eigenvalue weighted by molar-refractivity contribution is 7.89. The van der Waals surface area contributed by atoms with Gasteiger partial charge in [0, 0.05) is 6.54 Å². The van der Waals surface area contributed by atoms with E-state index in [-0.39, 0.29) is 24.3 Å². The molecule has 1 saturated heterocycles. The SMILES string of the molecule is CC(C)c1ccc(COc2ccc(S(=O)(=O)N3C[C@H](O)CC[C@@H]3C(=O)NO)cc2)cc1. The van der Waals surface area contributed by atoms with E-state index in [1.54, 1.807) is 12.1 Å². The Morgan fingerprint density at radius 3 is 2.35 bits per heavy atom. The molecule has 0 bridgehead atoms. The molecule has 9 heteroatoms. The van der Waals surface area contributed by atoms with Crippen LogP contribution >= 0.6 is 0 Å². The van der Waals surface area contributed by atoms with Crippen molar-refractivity contribution in [1.29, 1.82) is 0 Å². The van der Waals surface area contributed by atoms with Crippen molar-refractivity contribution < 1.29 is 28.3 Å².